The number of carbonyl (C=O) groups excluding carboxylic acids is 1. The third kappa shape index (κ3) is 3.10. The molecule has 2 aromatic rings. The van der Waals surface area contributed by atoms with Crippen LogP contribution in [-0.4, -0.2) is 21.8 Å². The van der Waals surface area contributed by atoms with Crippen LogP contribution in [0.25, 0.3) is 10.8 Å². The minimum Gasteiger partial charge on any atom is -0.740 e. The Hall–Kier alpha value is -1.92. The molecule has 0 saturated carbocycles. The number of hydrogen-bond acceptors (Lipinski definition) is 5. The molecule has 0 saturated heterocycles. The lowest BCUT2D eigenvalue weighted by Crippen LogP contribution is -2.05. The molecule has 0 amide bonds. The fourth-order valence-electron chi connectivity index (χ4n) is 1.86. The molecule has 0 radical (unpaired) electrons. The van der Waals surface area contributed by atoms with Crippen LogP contribution in [0.15, 0.2) is 36.4 Å². The smallest absolute Gasteiger partial charge is 0.309 e. The number of esters is 1. The van der Waals surface area contributed by atoms with Gasteiger partial charge in [0, 0.05) is 5.39 Å². The summed E-state index contributed by atoms with van der Waals surface area (Å²) in [5.74, 6) is -0.122. The summed E-state index contributed by atoms with van der Waals surface area (Å²) in [6.45, 7) is 0. The Morgan fingerprint density at radius 2 is 1.89 bits per heavy atom. The van der Waals surface area contributed by atoms with Crippen LogP contribution in [0.2, 0.25) is 0 Å². The zero-order valence-corrected chi connectivity index (χ0v) is 10.9. The Bertz CT molecular complexity index is 638. The third-order valence-electron chi connectivity index (χ3n) is 2.69. The van der Waals surface area contributed by atoms with Crippen molar-refractivity contribution in [2.45, 2.75) is 6.42 Å². The van der Waals surface area contributed by atoms with Gasteiger partial charge >= 0.3 is 5.97 Å². The summed E-state index contributed by atoms with van der Waals surface area (Å²) in [4.78, 5) is 11.3. The molecular weight excluding hydrogens is 268 g/mol. The van der Waals surface area contributed by atoms with Crippen molar-refractivity contribution < 1.29 is 22.5 Å². The van der Waals surface area contributed by atoms with Crippen molar-refractivity contribution in [2.75, 3.05) is 7.11 Å². The number of benzene rings is 2. The summed E-state index contributed by atoms with van der Waals surface area (Å²) in [5, 5.41) is 1.39. The van der Waals surface area contributed by atoms with Crippen molar-refractivity contribution >= 4 is 28.1 Å². The van der Waals surface area contributed by atoms with Crippen LogP contribution in [0.5, 0.6) is 5.75 Å². The lowest BCUT2D eigenvalue weighted by molar-refractivity contribution is -0.139. The minimum absolute atomic E-state index is 0.123. The lowest BCUT2D eigenvalue weighted by Gasteiger charge is -2.12. The van der Waals surface area contributed by atoms with Gasteiger partial charge in [-0.05, 0) is 17.0 Å². The van der Waals surface area contributed by atoms with Crippen LogP contribution in [0.4, 0.5) is 0 Å². The highest BCUT2D eigenvalue weighted by Gasteiger charge is 2.10. The Balaban J connectivity index is 2.51. The first-order valence-corrected chi connectivity index (χ1v) is 6.47. The zero-order valence-electron chi connectivity index (χ0n) is 10.1. The van der Waals surface area contributed by atoms with Crippen molar-refractivity contribution in [2.24, 2.45) is 0 Å². The van der Waals surface area contributed by atoms with Crippen molar-refractivity contribution in [3.63, 3.8) is 0 Å². The second kappa shape index (κ2) is 5.81. The number of carbonyl (C=O) groups is 1. The first kappa shape index (κ1) is 13.5. The number of rotatable bonds is 4. The van der Waals surface area contributed by atoms with Crippen LogP contribution in [-0.2, 0) is 27.3 Å². The maximum atomic E-state index is 11.3. The van der Waals surface area contributed by atoms with E-state index in [4.69, 9.17) is 4.18 Å². The average molecular weight is 279 g/mol. The largest absolute Gasteiger partial charge is 0.740 e. The molecule has 0 bridgehead atoms. The van der Waals surface area contributed by atoms with E-state index in [1.54, 1.807) is 30.3 Å². The van der Waals surface area contributed by atoms with Gasteiger partial charge in [0.25, 0.3) is 0 Å². The summed E-state index contributed by atoms with van der Waals surface area (Å²) in [6.07, 6.45) is 0.123. The normalized spacial score (nSPS) is 12.1. The topological polar surface area (TPSA) is 75.7 Å². The van der Waals surface area contributed by atoms with Gasteiger partial charge in [0.2, 0.25) is 0 Å². The van der Waals surface area contributed by atoms with E-state index >= 15 is 0 Å². The number of methoxy groups -OCH3 is 1. The second-order valence-electron chi connectivity index (χ2n) is 3.81. The molecule has 19 heavy (non-hydrogen) atoms. The quantitative estimate of drug-likeness (QED) is 0.629. The van der Waals surface area contributed by atoms with Gasteiger partial charge in [0.1, 0.15) is 17.1 Å². The molecule has 0 aromatic heterocycles. The fourth-order valence-corrected chi connectivity index (χ4v) is 2.15. The predicted molar refractivity (Wildman–Crippen MR) is 69.2 cm³/mol. The summed E-state index contributed by atoms with van der Waals surface area (Å²) in [5.41, 5.74) is 0.756. The Labute approximate surface area is 112 Å². The highest BCUT2D eigenvalue weighted by atomic mass is 32.2. The van der Waals surface area contributed by atoms with Gasteiger partial charge in [0.15, 0.2) is 0 Å². The summed E-state index contributed by atoms with van der Waals surface area (Å²) >= 11 is -2.63. The van der Waals surface area contributed by atoms with Crippen molar-refractivity contribution in [3.05, 3.63) is 42.0 Å². The van der Waals surface area contributed by atoms with E-state index in [1.807, 2.05) is 0 Å². The molecule has 0 heterocycles. The highest BCUT2D eigenvalue weighted by Crippen LogP contribution is 2.29. The monoisotopic (exact) mass is 279 g/mol. The summed E-state index contributed by atoms with van der Waals surface area (Å²) < 4.78 is 30.6. The van der Waals surface area contributed by atoms with Crippen LogP contribution < -0.4 is 4.18 Å². The van der Waals surface area contributed by atoms with Gasteiger partial charge in [-0.15, -0.1) is 0 Å². The molecule has 0 aliphatic rings. The van der Waals surface area contributed by atoms with Crippen LogP contribution >= 0.6 is 0 Å². The second-order valence-corrected chi connectivity index (χ2v) is 4.38. The molecule has 0 spiro atoms. The van der Waals surface area contributed by atoms with Crippen molar-refractivity contribution in [3.8, 4) is 5.75 Å². The molecule has 6 heteroatoms. The van der Waals surface area contributed by atoms with E-state index in [-0.39, 0.29) is 18.1 Å². The molecule has 0 N–H and O–H groups in total. The molecule has 2 aromatic carbocycles. The first-order chi connectivity index (χ1) is 9.11. The first-order valence-electron chi connectivity index (χ1n) is 5.47. The van der Waals surface area contributed by atoms with E-state index in [0.29, 0.717) is 5.39 Å². The van der Waals surface area contributed by atoms with Gasteiger partial charge in [-0.2, -0.15) is 0 Å². The number of hydrogen-bond donors (Lipinski definition) is 0. The molecule has 2 rings (SSSR count). The Morgan fingerprint density at radius 1 is 1.21 bits per heavy atom. The molecule has 100 valence electrons. The average Bonchev–Trinajstić information content (AvgIpc) is 2.41. The van der Waals surface area contributed by atoms with Gasteiger partial charge < -0.3 is 13.5 Å². The lowest BCUT2D eigenvalue weighted by atomic mass is 10.0. The van der Waals surface area contributed by atoms with Gasteiger partial charge in [-0.25, -0.2) is 4.21 Å². The molecule has 5 nitrogen and oxygen atoms in total. The van der Waals surface area contributed by atoms with Gasteiger partial charge in [0.05, 0.1) is 13.5 Å². The molecule has 1 atom stereocenters. The number of fused-ring (bicyclic) bond motifs is 1. The standard InChI is InChI=1S/C13H12O5S/c1-17-13(14)8-9-6-7-12(18-19(15)16)11-5-3-2-4-10(9)11/h2-7H,8H2,1H3,(H,15,16)/p-1. The molecule has 0 aliphatic heterocycles. The van der Waals surface area contributed by atoms with Gasteiger partial charge in [-0.3, -0.25) is 4.79 Å². The van der Waals surface area contributed by atoms with Gasteiger partial charge in [-0.1, -0.05) is 30.3 Å². The van der Waals surface area contributed by atoms with Crippen LogP contribution in [0, 0.1) is 0 Å². The van der Waals surface area contributed by atoms with Crippen LogP contribution in [0.1, 0.15) is 5.56 Å². The molecule has 0 fully saturated rings. The van der Waals surface area contributed by atoms with Crippen molar-refractivity contribution in [1.29, 1.82) is 0 Å². The van der Waals surface area contributed by atoms with Crippen LogP contribution in [0.3, 0.4) is 0 Å². The summed E-state index contributed by atoms with van der Waals surface area (Å²) in [6, 6.07) is 10.3. The fraction of sp³-hybridized carbons (Fsp3) is 0.154. The van der Waals surface area contributed by atoms with E-state index in [1.165, 1.54) is 13.2 Å². The Morgan fingerprint density at radius 3 is 2.53 bits per heavy atom. The van der Waals surface area contributed by atoms with E-state index in [2.05, 4.69) is 4.74 Å². The number of ether oxygens (including phenoxy) is 1. The van der Waals surface area contributed by atoms with E-state index in [9.17, 15) is 13.6 Å². The molecule has 1 unspecified atom stereocenters. The minimum atomic E-state index is -2.63. The van der Waals surface area contributed by atoms with E-state index < -0.39 is 11.4 Å². The highest BCUT2D eigenvalue weighted by molar-refractivity contribution is 7.74. The van der Waals surface area contributed by atoms with E-state index in [0.717, 1.165) is 10.9 Å². The molecule has 0 aliphatic carbocycles. The molecular formula is C13H11O5S-. The third-order valence-corrected chi connectivity index (χ3v) is 3.01. The Kier molecular flexibility index (Phi) is 4.13. The van der Waals surface area contributed by atoms with Crippen molar-refractivity contribution in [1.82, 2.24) is 0 Å². The SMILES string of the molecule is COC(=O)Cc1ccc(OS(=O)[O-])c2ccccc12. The maximum Gasteiger partial charge on any atom is 0.309 e. The zero-order chi connectivity index (χ0) is 13.8. The predicted octanol–water partition coefficient (Wildman–Crippen LogP) is 1.73. The summed E-state index contributed by atoms with van der Waals surface area (Å²) in [7, 11) is 1.32. The maximum absolute atomic E-state index is 11.3.